The van der Waals surface area contributed by atoms with Crippen LogP contribution < -0.4 is 5.32 Å². The lowest BCUT2D eigenvalue weighted by molar-refractivity contribution is 0.0954. The van der Waals surface area contributed by atoms with Crippen molar-refractivity contribution in [1.29, 1.82) is 0 Å². The number of carbonyl (C=O) groups is 1. The highest BCUT2D eigenvalue weighted by atomic mass is 32.2. The lowest BCUT2D eigenvalue weighted by Gasteiger charge is -2.13. The van der Waals surface area contributed by atoms with Crippen molar-refractivity contribution < 1.29 is 9.18 Å². The van der Waals surface area contributed by atoms with Crippen molar-refractivity contribution in [3.63, 3.8) is 0 Å². The van der Waals surface area contributed by atoms with Crippen LogP contribution in [0.25, 0.3) is 11.0 Å². The number of carbonyl (C=O) groups excluding carboxylic acids is 1. The Hall–Kier alpha value is -3.45. The molecule has 2 heterocycles. The van der Waals surface area contributed by atoms with Gasteiger partial charge in [0.1, 0.15) is 5.82 Å². The average molecular weight is 501 g/mol. The number of thioether (sulfide) groups is 1. The van der Waals surface area contributed by atoms with Gasteiger partial charge >= 0.3 is 0 Å². The van der Waals surface area contributed by atoms with Gasteiger partial charge in [0.15, 0.2) is 5.16 Å². The van der Waals surface area contributed by atoms with Gasteiger partial charge in [-0.1, -0.05) is 47.7 Å². The second-order valence-electron chi connectivity index (χ2n) is 9.07. The van der Waals surface area contributed by atoms with Gasteiger partial charge in [-0.2, -0.15) is 0 Å². The largest absolute Gasteiger partial charge is 0.352 e. The number of benzene rings is 2. The fraction of sp³-hybridized carbons (Fsp3) is 0.276. The van der Waals surface area contributed by atoms with E-state index in [-0.39, 0.29) is 11.7 Å². The molecule has 1 N–H and O–H groups in total. The SMILES string of the molecule is O=C(NCCC1=CCCCC1)c1ccc(Cn2c(SCc3ccc(F)cc3)nc3ccncc32)cc1. The maximum absolute atomic E-state index is 13.3. The number of hydrogen-bond donors (Lipinski definition) is 1. The molecule has 36 heavy (non-hydrogen) atoms. The van der Waals surface area contributed by atoms with Gasteiger partial charge in [-0.3, -0.25) is 9.78 Å². The topological polar surface area (TPSA) is 59.8 Å². The third-order valence-corrected chi connectivity index (χ3v) is 7.52. The molecular weight excluding hydrogens is 471 g/mol. The molecule has 2 aromatic carbocycles. The molecule has 0 unspecified atom stereocenters. The third kappa shape index (κ3) is 6.02. The van der Waals surface area contributed by atoms with Crippen LogP contribution in [0.5, 0.6) is 0 Å². The number of nitrogens with one attached hydrogen (secondary N) is 1. The zero-order chi connectivity index (χ0) is 24.7. The Kier molecular flexibility index (Phi) is 7.76. The third-order valence-electron chi connectivity index (χ3n) is 6.47. The van der Waals surface area contributed by atoms with Crippen LogP contribution in [-0.2, 0) is 12.3 Å². The number of pyridine rings is 1. The summed E-state index contributed by atoms with van der Waals surface area (Å²) in [5, 5.41) is 3.93. The van der Waals surface area contributed by atoms with Crippen molar-refractivity contribution in [2.75, 3.05) is 6.54 Å². The molecule has 5 nitrogen and oxygen atoms in total. The van der Waals surface area contributed by atoms with E-state index in [1.54, 1.807) is 30.1 Å². The summed E-state index contributed by atoms with van der Waals surface area (Å²) in [6.07, 6.45) is 11.7. The Morgan fingerprint density at radius 2 is 1.83 bits per heavy atom. The van der Waals surface area contributed by atoms with Gasteiger partial charge in [0.25, 0.3) is 5.91 Å². The molecule has 0 radical (unpaired) electrons. The minimum atomic E-state index is -0.235. The average Bonchev–Trinajstić information content (AvgIpc) is 3.26. The van der Waals surface area contributed by atoms with E-state index in [0.717, 1.165) is 40.2 Å². The molecule has 0 saturated carbocycles. The quantitative estimate of drug-likeness (QED) is 0.210. The summed E-state index contributed by atoms with van der Waals surface area (Å²) in [7, 11) is 0. The Morgan fingerprint density at radius 3 is 2.61 bits per heavy atom. The number of aromatic nitrogens is 3. The van der Waals surface area contributed by atoms with Crippen LogP contribution in [-0.4, -0.2) is 27.0 Å². The normalized spacial score (nSPS) is 13.5. The van der Waals surface area contributed by atoms with Crippen LogP contribution in [0, 0.1) is 5.82 Å². The standard InChI is InChI=1S/C29H29FN4OS/c30-25-12-8-23(9-13-25)20-36-29-33-26-15-16-31-18-27(26)34(29)19-22-6-10-24(11-7-22)28(35)32-17-14-21-4-2-1-3-5-21/h4,6-13,15-16,18H,1-3,5,14,17,19-20H2,(H,32,35). The maximum Gasteiger partial charge on any atom is 0.251 e. The smallest absolute Gasteiger partial charge is 0.251 e. The summed E-state index contributed by atoms with van der Waals surface area (Å²) in [6.45, 7) is 1.29. The summed E-state index contributed by atoms with van der Waals surface area (Å²) in [5.41, 5.74) is 6.08. The predicted molar refractivity (Wildman–Crippen MR) is 143 cm³/mol. The van der Waals surface area contributed by atoms with Gasteiger partial charge in [-0.15, -0.1) is 0 Å². The molecule has 7 heteroatoms. The summed E-state index contributed by atoms with van der Waals surface area (Å²) < 4.78 is 15.4. The molecule has 0 saturated heterocycles. The second kappa shape index (κ2) is 11.5. The number of allylic oxidation sites excluding steroid dienone is 1. The molecule has 1 amide bonds. The van der Waals surface area contributed by atoms with Crippen LogP contribution in [0.1, 0.15) is 53.6 Å². The highest BCUT2D eigenvalue weighted by molar-refractivity contribution is 7.98. The fourth-order valence-corrected chi connectivity index (χ4v) is 5.42. The van der Waals surface area contributed by atoms with E-state index < -0.39 is 0 Å². The summed E-state index contributed by atoms with van der Waals surface area (Å²) in [4.78, 5) is 21.7. The summed E-state index contributed by atoms with van der Waals surface area (Å²) in [5.74, 6) is 0.416. The van der Waals surface area contributed by atoms with Crippen LogP contribution in [0.15, 0.2) is 83.8 Å². The second-order valence-corrected chi connectivity index (χ2v) is 10.0. The van der Waals surface area contributed by atoms with E-state index in [2.05, 4.69) is 20.9 Å². The van der Waals surface area contributed by atoms with Crippen LogP contribution in [0.2, 0.25) is 0 Å². The summed E-state index contributed by atoms with van der Waals surface area (Å²) in [6, 6.07) is 16.2. The first-order valence-corrected chi connectivity index (χ1v) is 13.4. The first-order valence-electron chi connectivity index (χ1n) is 12.4. The van der Waals surface area contributed by atoms with Gasteiger partial charge in [0.2, 0.25) is 0 Å². The zero-order valence-electron chi connectivity index (χ0n) is 20.1. The van der Waals surface area contributed by atoms with Crippen molar-refractivity contribution in [1.82, 2.24) is 19.9 Å². The monoisotopic (exact) mass is 500 g/mol. The molecule has 2 aromatic heterocycles. The Balaban J connectivity index is 1.25. The number of halogens is 1. The highest BCUT2D eigenvalue weighted by Gasteiger charge is 2.13. The number of fused-ring (bicyclic) bond motifs is 1. The predicted octanol–water partition coefficient (Wildman–Crippen LogP) is 6.53. The minimum Gasteiger partial charge on any atom is -0.352 e. The number of hydrogen-bond acceptors (Lipinski definition) is 4. The summed E-state index contributed by atoms with van der Waals surface area (Å²) >= 11 is 1.61. The molecule has 184 valence electrons. The van der Waals surface area contributed by atoms with E-state index >= 15 is 0 Å². The lowest BCUT2D eigenvalue weighted by Crippen LogP contribution is -2.24. The van der Waals surface area contributed by atoms with Crippen LogP contribution >= 0.6 is 11.8 Å². The number of nitrogens with zero attached hydrogens (tertiary/aromatic N) is 3. The van der Waals surface area contributed by atoms with Crippen molar-refractivity contribution in [3.8, 4) is 0 Å². The van der Waals surface area contributed by atoms with Gasteiger partial charge in [0.05, 0.1) is 23.8 Å². The van der Waals surface area contributed by atoms with Crippen LogP contribution in [0.3, 0.4) is 0 Å². The molecule has 0 fully saturated rings. The highest BCUT2D eigenvalue weighted by Crippen LogP contribution is 2.27. The van der Waals surface area contributed by atoms with Gasteiger partial charge in [0, 0.05) is 24.1 Å². The zero-order valence-corrected chi connectivity index (χ0v) is 20.9. The van der Waals surface area contributed by atoms with E-state index in [1.807, 2.05) is 36.5 Å². The Bertz CT molecular complexity index is 1360. The van der Waals surface area contributed by atoms with Crippen molar-refractivity contribution in [2.24, 2.45) is 0 Å². The minimum absolute atomic E-state index is 0.0363. The molecule has 0 atom stereocenters. The van der Waals surface area contributed by atoms with Crippen molar-refractivity contribution >= 4 is 28.7 Å². The molecule has 5 rings (SSSR count). The van der Waals surface area contributed by atoms with E-state index in [0.29, 0.717) is 24.4 Å². The number of amides is 1. The van der Waals surface area contributed by atoms with E-state index in [9.17, 15) is 9.18 Å². The van der Waals surface area contributed by atoms with E-state index in [4.69, 9.17) is 4.98 Å². The first-order chi connectivity index (χ1) is 17.7. The number of rotatable bonds is 9. The van der Waals surface area contributed by atoms with Gasteiger partial charge in [-0.25, -0.2) is 9.37 Å². The molecule has 0 spiro atoms. The first kappa shape index (κ1) is 24.3. The van der Waals surface area contributed by atoms with Crippen LogP contribution in [0.4, 0.5) is 4.39 Å². The fourth-order valence-electron chi connectivity index (χ4n) is 4.45. The van der Waals surface area contributed by atoms with E-state index in [1.165, 1.54) is 37.0 Å². The number of imidazole rings is 1. The molecule has 1 aliphatic carbocycles. The maximum atomic E-state index is 13.3. The Labute approximate surface area is 214 Å². The lowest BCUT2D eigenvalue weighted by atomic mass is 9.97. The van der Waals surface area contributed by atoms with Gasteiger partial charge in [-0.05, 0) is 73.6 Å². The molecule has 0 aliphatic heterocycles. The Morgan fingerprint density at radius 1 is 1.03 bits per heavy atom. The molecule has 4 aromatic rings. The van der Waals surface area contributed by atoms with Crippen molar-refractivity contribution in [2.45, 2.75) is 49.6 Å². The molecule has 1 aliphatic rings. The molecule has 0 bridgehead atoms. The van der Waals surface area contributed by atoms with Gasteiger partial charge < -0.3 is 9.88 Å². The van der Waals surface area contributed by atoms with Crippen molar-refractivity contribution in [3.05, 3.63) is 101 Å². The molecular formula is C29H29FN4OS.